The van der Waals surface area contributed by atoms with Gasteiger partial charge in [-0.15, -0.1) is 11.3 Å². The molecule has 144 valence electrons. The first-order valence-electron chi connectivity index (χ1n) is 8.33. The highest BCUT2D eigenvalue weighted by Gasteiger charge is 2.39. The molecule has 0 saturated carbocycles. The van der Waals surface area contributed by atoms with Crippen LogP contribution in [0.1, 0.15) is 29.1 Å². The van der Waals surface area contributed by atoms with Crippen molar-refractivity contribution in [3.63, 3.8) is 0 Å². The van der Waals surface area contributed by atoms with Gasteiger partial charge in [0, 0.05) is 41.4 Å². The second-order valence-electron chi connectivity index (χ2n) is 6.96. The van der Waals surface area contributed by atoms with E-state index in [1.807, 2.05) is 6.07 Å². The lowest BCUT2D eigenvalue weighted by atomic mass is 10.0. The summed E-state index contributed by atoms with van der Waals surface area (Å²) in [5.41, 5.74) is 7.72. The number of aromatic amines is 1. The molecule has 3 N–H and O–H groups in total. The van der Waals surface area contributed by atoms with Gasteiger partial charge in [0.15, 0.2) is 15.7 Å². The molecular weight excluding hydrogens is 398 g/mol. The number of rotatable bonds is 4. The molecule has 0 saturated heterocycles. The van der Waals surface area contributed by atoms with Gasteiger partial charge >= 0.3 is 0 Å². The van der Waals surface area contributed by atoms with Crippen molar-refractivity contribution in [2.24, 2.45) is 5.73 Å². The molecule has 28 heavy (non-hydrogen) atoms. The van der Waals surface area contributed by atoms with Crippen LogP contribution in [0.25, 0.3) is 32.6 Å². The first kappa shape index (κ1) is 18.5. The number of H-pyrrole nitrogens is 1. The summed E-state index contributed by atoms with van der Waals surface area (Å²) in [6.07, 6.45) is 6.14. The predicted octanol–water partition coefficient (Wildman–Crippen LogP) is 2.61. The maximum atomic E-state index is 12.5. The molecular formula is C18H17N5O3S2. The fourth-order valence-corrected chi connectivity index (χ4v) is 4.85. The summed E-state index contributed by atoms with van der Waals surface area (Å²) in [5.74, 6) is -0.271. The summed E-state index contributed by atoms with van der Waals surface area (Å²) in [7, 11) is -3.55. The van der Waals surface area contributed by atoms with E-state index in [1.54, 1.807) is 38.5 Å². The van der Waals surface area contributed by atoms with Crippen LogP contribution < -0.4 is 5.73 Å². The zero-order valence-electron chi connectivity index (χ0n) is 15.3. The molecule has 0 atom stereocenters. The normalized spacial score (nSPS) is 12.7. The van der Waals surface area contributed by atoms with Crippen molar-refractivity contribution in [2.75, 3.05) is 6.26 Å². The van der Waals surface area contributed by atoms with Gasteiger partial charge in [-0.05, 0) is 26.0 Å². The fraction of sp³-hybridized carbons (Fsp3) is 0.222. The maximum Gasteiger partial charge on any atom is 0.259 e. The number of primary amides is 1. The van der Waals surface area contributed by atoms with Crippen molar-refractivity contribution in [3.05, 3.63) is 41.2 Å². The lowest BCUT2D eigenvalue weighted by Gasteiger charge is -2.23. The van der Waals surface area contributed by atoms with Crippen LogP contribution in [0.3, 0.4) is 0 Å². The van der Waals surface area contributed by atoms with Gasteiger partial charge in [-0.25, -0.2) is 23.4 Å². The van der Waals surface area contributed by atoms with E-state index in [0.717, 1.165) is 28.5 Å². The molecule has 1 amide bonds. The number of thiophene rings is 1. The molecule has 4 rings (SSSR count). The van der Waals surface area contributed by atoms with Crippen molar-refractivity contribution in [1.82, 2.24) is 19.9 Å². The zero-order chi connectivity index (χ0) is 20.3. The zero-order valence-corrected chi connectivity index (χ0v) is 17.0. The van der Waals surface area contributed by atoms with E-state index in [9.17, 15) is 13.2 Å². The van der Waals surface area contributed by atoms with Crippen molar-refractivity contribution >= 4 is 48.3 Å². The summed E-state index contributed by atoms with van der Waals surface area (Å²) in [6, 6.07) is 3.66. The van der Waals surface area contributed by atoms with Gasteiger partial charge < -0.3 is 10.7 Å². The summed E-state index contributed by atoms with van der Waals surface area (Å²) in [6.45, 7) is 3.10. The highest BCUT2D eigenvalue weighted by Crippen LogP contribution is 2.41. The molecule has 4 heterocycles. The highest BCUT2D eigenvalue weighted by atomic mass is 32.2. The van der Waals surface area contributed by atoms with E-state index in [0.29, 0.717) is 27.3 Å². The van der Waals surface area contributed by atoms with E-state index in [-0.39, 0.29) is 4.88 Å². The van der Waals surface area contributed by atoms with Crippen LogP contribution in [0.2, 0.25) is 0 Å². The maximum absolute atomic E-state index is 12.5. The second kappa shape index (κ2) is 6.08. The number of nitrogens with zero attached hydrogens (tertiary/aromatic N) is 3. The summed E-state index contributed by atoms with van der Waals surface area (Å²) in [4.78, 5) is 28.6. The Morgan fingerprint density at radius 2 is 2.00 bits per heavy atom. The van der Waals surface area contributed by atoms with Crippen LogP contribution in [-0.4, -0.2) is 40.5 Å². The van der Waals surface area contributed by atoms with Crippen molar-refractivity contribution in [3.8, 4) is 11.4 Å². The van der Waals surface area contributed by atoms with Crippen LogP contribution >= 0.6 is 11.3 Å². The molecule has 0 unspecified atom stereocenters. The quantitative estimate of drug-likeness (QED) is 0.526. The highest BCUT2D eigenvalue weighted by molar-refractivity contribution is 7.91. The molecule has 0 bridgehead atoms. The Kier molecular flexibility index (Phi) is 4.02. The summed E-state index contributed by atoms with van der Waals surface area (Å²) in [5, 5.41) is 0.844. The van der Waals surface area contributed by atoms with Gasteiger partial charge in [0.05, 0.1) is 19.8 Å². The number of aromatic nitrogens is 4. The Hall–Kier alpha value is -2.85. The fourth-order valence-electron chi connectivity index (χ4n) is 3.10. The summed E-state index contributed by atoms with van der Waals surface area (Å²) < 4.78 is 24.2. The van der Waals surface area contributed by atoms with Crippen LogP contribution in [0.5, 0.6) is 0 Å². The monoisotopic (exact) mass is 415 g/mol. The van der Waals surface area contributed by atoms with E-state index < -0.39 is 20.5 Å². The molecule has 0 spiro atoms. The van der Waals surface area contributed by atoms with Crippen LogP contribution in [0.4, 0.5) is 0 Å². The van der Waals surface area contributed by atoms with Gasteiger partial charge in [0.25, 0.3) is 5.91 Å². The van der Waals surface area contributed by atoms with Gasteiger partial charge in [-0.3, -0.25) is 4.79 Å². The largest absolute Gasteiger partial charge is 0.365 e. The minimum atomic E-state index is -3.55. The molecule has 4 aromatic rings. The van der Waals surface area contributed by atoms with Crippen molar-refractivity contribution < 1.29 is 13.2 Å². The van der Waals surface area contributed by atoms with Crippen LogP contribution in [0, 0.1) is 0 Å². The average molecular weight is 416 g/mol. The number of hydrogen-bond acceptors (Lipinski definition) is 7. The first-order chi connectivity index (χ1) is 13.1. The standard InChI is InChI=1S/C18H17N5O3S2/c1-18(2,28(3,25)26)12-13-11(27-14(12)15(19)24)8-22-17(23-13)10-5-7-21-16-9(10)4-6-20-16/h4-8H,1-3H3,(H2,19,24)(H,20,21). The number of carbonyl (C=O) groups is 1. The number of nitrogens with two attached hydrogens (primary N) is 1. The smallest absolute Gasteiger partial charge is 0.259 e. The molecule has 10 heteroatoms. The summed E-state index contributed by atoms with van der Waals surface area (Å²) >= 11 is 1.10. The predicted molar refractivity (Wildman–Crippen MR) is 109 cm³/mol. The second-order valence-corrected chi connectivity index (χ2v) is 10.6. The Balaban J connectivity index is 2.06. The lowest BCUT2D eigenvalue weighted by molar-refractivity contribution is 0.100. The Labute approximate surface area is 164 Å². The third-order valence-electron chi connectivity index (χ3n) is 4.88. The third kappa shape index (κ3) is 2.68. The van der Waals surface area contributed by atoms with E-state index >= 15 is 0 Å². The van der Waals surface area contributed by atoms with Crippen LogP contribution in [-0.2, 0) is 14.6 Å². The SMILES string of the molecule is CC(C)(c1c(C(N)=O)sc2cnc(-c3ccnc4[nH]ccc34)nc12)S(C)(=O)=O. The first-order valence-corrected chi connectivity index (χ1v) is 11.0. The molecule has 4 aromatic heterocycles. The van der Waals surface area contributed by atoms with Crippen LogP contribution in [0.15, 0.2) is 30.7 Å². The topological polar surface area (TPSA) is 132 Å². The van der Waals surface area contributed by atoms with Crippen molar-refractivity contribution in [2.45, 2.75) is 18.6 Å². The van der Waals surface area contributed by atoms with Gasteiger partial charge in [-0.2, -0.15) is 0 Å². The Bertz CT molecular complexity index is 1350. The van der Waals surface area contributed by atoms with E-state index in [1.165, 1.54) is 0 Å². The Morgan fingerprint density at radius 1 is 1.25 bits per heavy atom. The minimum Gasteiger partial charge on any atom is -0.365 e. The molecule has 0 aliphatic carbocycles. The molecule has 0 fully saturated rings. The number of hydrogen-bond donors (Lipinski definition) is 2. The molecule has 8 nitrogen and oxygen atoms in total. The molecule has 0 aromatic carbocycles. The molecule has 0 radical (unpaired) electrons. The number of amides is 1. The number of pyridine rings is 1. The van der Waals surface area contributed by atoms with E-state index in [2.05, 4.69) is 19.9 Å². The van der Waals surface area contributed by atoms with Crippen molar-refractivity contribution in [1.29, 1.82) is 0 Å². The Morgan fingerprint density at radius 3 is 2.68 bits per heavy atom. The van der Waals surface area contributed by atoms with Gasteiger partial charge in [0.2, 0.25) is 0 Å². The average Bonchev–Trinajstić information content (AvgIpc) is 3.24. The van der Waals surface area contributed by atoms with Gasteiger partial charge in [0.1, 0.15) is 5.65 Å². The van der Waals surface area contributed by atoms with E-state index in [4.69, 9.17) is 5.73 Å². The molecule has 0 aliphatic heterocycles. The number of nitrogens with one attached hydrogen (secondary N) is 1. The third-order valence-corrected chi connectivity index (χ3v) is 8.07. The minimum absolute atomic E-state index is 0.179. The lowest BCUT2D eigenvalue weighted by Crippen LogP contribution is -2.30. The molecule has 0 aliphatic rings. The van der Waals surface area contributed by atoms with Gasteiger partial charge in [-0.1, -0.05) is 0 Å². The number of carbonyl (C=O) groups excluding carboxylic acids is 1. The number of sulfone groups is 1. The number of fused-ring (bicyclic) bond motifs is 2.